The van der Waals surface area contributed by atoms with E-state index in [4.69, 9.17) is 11.6 Å². The third kappa shape index (κ3) is 8.43. The highest BCUT2D eigenvalue weighted by atomic mass is 127. The summed E-state index contributed by atoms with van der Waals surface area (Å²) in [5.74, 6) is 0.801. The van der Waals surface area contributed by atoms with Gasteiger partial charge in [-0.25, -0.2) is 0 Å². The van der Waals surface area contributed by atoms with Gasteiger partial charge in [-0.1, -0.05) is 23.7 Å². The zero-order chi connectivity index (χ0) is 15.7. The Morgan fingerprint density at radius 3 is 2.32 bits per heavy atom. The number of amides is 1. The van der Waals surface area contributed by atoms with Gasteiger partial charge in [-0.15, -0.1) is 24.0 Å². The Labute approximate surface area is 154 Å². The summed E-state index contributed by atoms with van der Waals surface area (Å²) in [5, 5.41) is 7.08. The molecular formula is C15H24ClIN4O. The van der Waals surface area contributed by atoms with Crippen LogP contribution in [0.4, 0.5) is 0 Å². The number of halogens is 2. The van der Waals surface area contributed by atoms with Gasteiger partial charge in [-0.05, 0) is 24.1 Å². The van der Waals surface area contributed by atoms with Crippen LogP contribution in [0.5, 0.6) is 0 Å². The molecule has 1 amide bonds. The van der Waals surface area contributed by atoms with Gasteiger partial charge in [-0.2, -0.15) is 0 Å². The second-order valence-corrected chi connectivity index (χ2v) is 5.28. The number of nitrogens with one attached hydrogen (secondary N) is 2. The first-order valence-corrected chi connectivity index (χ1v) is 7.30. The Morgan fingerprint density at radius 2 is 1.77 bits per heavy atom. The average Bonchev–Trinajstić information content (AvgIpc) is 2.47. The number of rotatable bonds is 6. The van der Waals surface area contributed by atoms with Crippen molar-refractivity contribution in [1.82, 2.24) is 15.5 Å². The van der Waals surface area contributed by atoms with Crippen LogP contribution in [0.2, 0.25) is 5.02 Å². The monoisotopic (exact) mass is 438 g/mol. The van der Waals surface area contributed by atoms with Crippen LogP contribution < -0.4 is 10.6 Å². The van der Waals surface area contributed by atoms with Crippen molar-refractivity contribution in [3.8, 4) is 0 Å². The van der Waals surface area contributed by atoms with Crippen LogP contribution in [0.25, 0.3) is 0 Å². The van der Waals surface area contributed by atoms with E-state index in [1.807, 2.05) is 24.3 Å². The van der Waals surface area contributed by atoms with E-state index in [1.165, 1.54) is 5.56 Å². The fourth-order valence-electron chi connectivity index (χ4n) is 1.71. The van der Waals surface area contributed by atoms with E-state index in [0.717, 1.165) is 18.0 Å². The third-order valence-electron chi connectivity index (χ3n) is 2.97. The molecule has 22 heavy (non-hydrogen) atoms. The van der Waals surface area contributed by atoms with Gasteiger partial charge in [0.15, 0.2) is 5.96 Å². The maximum Gasteiger partial charge on any atom is 0.223 e. The lowest BCUT2D eigenvalue weighted by molar-refractivity contribution is -0.128. The van der Waals surface area contributed by atoms with Crippen LogP contribution in [-0.4, -0.2) is 51.0 Å². The molecule has 7 heteroatoms. The lowest BCUT2D eigenvalue weighted by Crippen LogP contribution is -2.40. The number of aliphatic imine (C=N–C) groups is 1. The minimum atomic E-state index is 0. The highest BCUT2D eigenvalue weighted by Gasteiger charge is 2.04. The van der Waals surface area contributed by atoms with E-state index in [0.29, 0.717) is 18.9 Å². The van der Waals surface area contributed by atoms with Crippen LogP contribution >= 0.6 is 35.6 Å². The highest BCUT2D eigenvalue weighted by molar-refractivity contribution is 14.0. The quantitative estimate of drug-likeness (QED) is 0.406. The number of nitrogens with zero attached hydrogens (tertiary/aromatic N) is 2. The Kier molecular flexibility index (Phi) is 11.0. The van der Waals surface area contributed by atoms with E-state index in [2.05, 4.69) is 15.6 Å². The molecular weight excluding hydrogens is 415 g/mol. The lowest BCUT2D eigenvalue weighted by Gasteiger charge is -2.13. The Morgan fingerprint density at radius 1 is 1.18 bits per heavy atom. The summed E-state index contributed by atoms with van der Waals surface area (Å²) >= 11 is 5.85. The fraction of sp³-hybridized carbons (Fsp3) is 0.467. The summed E-state index contributed by atoms with van der Waals surface area (Å²) in [6, 6.07) is 7.79. The van der Waals surface area contributed by atoms with Gasteiger partial charge in [0.05, 0.1) is 0 Å². The summed E-state index contributed by atoms with van der Waals surface area (Å²) in [5.41, 5.74) is 1.21. The van der Waals surface area contributed by atoms with Crippen molar-refractivity contribution >= 4 is 47.4 Å². The van der Waals surface area contributed by atoms with Gasteiger partial charge in [-0.3, -0.25) is 9.79 Å². The molecule has 0 saturated carbocycles. The Hall–Kier alpha value is -1.02. The maximum absolute atomic E-state index is 11.5. The van der Waals surface area contributed by atoms with Gasteiger partial charge < -0.3 is 15.5 Å². The van der Waals surface area contributed by atoms with Crippen molar-refractivity contribution in [3.63, 3.8) is 0 Å². The van der Waals surface area contributed by atoms with Crippen LogP contribution in [0.15, 0.2) is 29.3 Å². The standard InChI is InChI=1S/C15H23ClN4O.HI/c1-17-15(19-11-9-14(21)20(2)3)18-10-8-12-4-6-13(16)7-5-12;/h4-7H,8-11H2,1-3H3,(H2,17,18,19);1H. The minimum absolute atomic E-state index is 0. The molecule has 0 unspecified atom stereocenters. The molecule has 0 bridgehead atoms. The van der Waals surface area contributed by atoms with Crippen LogP contribution in [0.1, 0.15) is 12.0 Å². The molecule has 1 aromatic carbocycles. The topological polar surface area (TPSA) is 56.7 Å². The lowest BCUT2D eigenvalue weighted by atomic mass is 10.1. The predicted octanol–water partition coefficient (Wildman–Crippen LogP) is 2.14. The molecule has 1 rings (SSSR count). The largest absolute Gasteiger partial charge is 0.356 e. The van der Waals surface area contributed by atoms with Crippen molar-refractivity contribution in [2.75, 3.05) is 34.2 Å². The van der Waals surface area contributed by atoms with Crippen molar-refractivity contribution in [2.24, 2.45) is 4.99 Å². The predicted molar refractivity (Wildman–Crippen MR) is 103 cm³/mol. The van der Waals surface area contributed by atoms with Crippen molar-refractivity contribution in [3.05, 3.63) is 34.9 Å². The molecule has 5 nitrogen and oxygen atoms in total. The third-order valence-corrected chi connectivity index (χ3v) is 3.23. The molecule has 124 valence electrons. The normalized spacial score (nSPS) is 10.6. The number of hydrogen-bond donors (Lipinski definition) is 2. The SMILES string of the molecule is CN=C(NCCC(=O)N(C)C)NCCc1ccc(Cl)cc1.I. The number of benzene rings is 1. The molecule has 0 fully saturated rings. The summed E-state index contributed by atoms with van der Waals surface area (Å²) < 4.78 is 0. The zero-order valence-corrected chi connectivity index (χ0v) is 16.3. The first-order valence-electron chi connectivity index (χ1n) is 6.92. The van der Waals surface area contributed by atoms with Gasteiger partial charge in [0.1, 0.15) is 0 Å². The molecule has 0 aliphatic heterocycles. The van der Waals surface area contributed by atoms with Gasteiger partial charge in [0, 0.05) is 45.7 Å². The smallest absolute Gasteiger partial charge is 0.223 e. The number of carbonyl (C=O) groups excluding carboxylic acids is 1. The first-order chi connectivity index (χ1) is 10.0. The zero-order valence-electron chi connectivity index (χ0n) is 13.2. The average molecular weight is 439 g/mol. The van der Waals surface area contributed by atoms with Crippen LogP contribution in [-0.2, 0) is 11.2 Å². The Balaban J connectivity index is 0.00000441. The second-order valence-electron chi connectivity index (χ2n) is 4.84. The molecule has 0 aromatic heterocycles. The maximum atomic E-state index is 11.5. The number of guanidine groups is 1. The van der Waals surface area contributed by atoms with Gasteiger partial charge >= 0.3 is 0 Å². The molecule has 0 heterocycles. The molecule has 0 atom stereocenters. The minimum Gasteiger partial charge on any atom is -0.356 e. The molecule has 1 aromatic rings. The van der Waals surface area contributed by atoms with E-state index in [1.54, 1.807) is 26.0 Å². The van der Waals surface area contributed by atoms with E-state index in [9.17, 15) is 4.79 Å². The van der Waals surface area contributed by atoms with E-state index in [-0.39, 0.29) is 29.9 Å². The van der Waals surface area contributed by atoms with Crippen molar-refractivity contribution < 1.29 is 4.79 Å². The molecule has 0 aliphatic rings. The van der Waals surface area contributed by atoms with E-state index >= 15 is 0 Å². The molecule has 0 radical (unpaired) electrons. The fourth-order valence-corrected chi connectivity index (χ4v) is 1.83. The van der Waals surface area contributed by atoms with Gasteiger partial charge in [0.2, 0.25) is 5.91 Å². The molecule has 0 aliphatic carbocycles. The second kappa shape index (κ2) is 11.5. The summed E-state index contributed by atoms with van der Waals surface area (Å²) in [4.78, 5) is 17.2. The Bertz CT molecular complexity index is 477. The number of hydrogen-bond acceptors (Lipinski definition) is 2. The summed E-state index contributed by atoms with van der Waals surface area (Å²) in [6.07, 6.45) is 1.33. The molecule has 2 N–H and O–H groups in total. The summed E-state index contributed by atoms with van der Waals surface area (Å²) in [7, 11) is 5.22. The van der Waals surface area contributed by atoms with Crippen molar-refractivity contribution in [2.45, 2.75) is 12.8 Å². The van der Waals surface area contributed by atoms with Gasteiger partial charge in [0.25, 0.3) is 0 Å². The van der Waals surface area contributed by atoms with E-state index < -0.39 is 0 Å². The first kappa shape index (κ1) is 21.0. The van der Waals surface area contributed by atoms with Crippen molar-refractivity contribution in [1.29, 1.82) is 0 Å². The summed E-state index contributed by atoms with van der Waals surface area (Å²) in [6.45, 7) is 1.33. The number of carbonyl (C=O) groups is 1. The van der Waals surface area contributed by atoms with Crippen LogP contribution in [0.3, 0.4) is 0 Å². The molecule has 0 saturated heterocycles. The molecule has 0 spiro atoms. The highest BCUT2D eigenvalue weighted by Crippen LogP contribution is 2.09. The van der Waals surface area contributed by atoms with Crippen LogP contribution in [0, 0.1) is 0 Å².